The largest absolute Gasteiger partial charge is 0.439 e. The smallest absolute Gasteiger partial charge is 0.225 e. The Bertz CT molecular complexity index is 506. The minimum atomic E-state index is -0.594. The summed E-state index contributed by atoms with van der Waals surface area (Å²) in [6.45, 7) is 3.81. The SMILES string of the molecule is CCc1ccc(Oc2ncccc2C(C)O)cc1. The van der Waals surface area contributed by atoms with Gasteiger partial charge in [-0.2, -0.15) is 0 Å². The van der Waals surface area contributed by atoms with Crippen molar-refractivity contribution in [2.45, 2.75) is 26.4 Å². The van der Waals surface area contributed by atoms with Crippen molar-refractivity contribution in [1.29, 1.82) is 0 Å². The number of aryl methyl sites for hydroxylation is 1. The molecule has 3 nitrogen and oxygen atoms in total. The van der Waals surface area contributed by atoms with Gasteiger partial charge in [0.2, 0.25) is 5.88 Å². The minimum Gasteiger partial charge on any atom is -0.439 e. The van der Waals surface area contributed by atoms with E-state index in [0.29, 0.717) is 11.4 Å². The van der Waals surface area contributed by atoms with Crippen LogP contribution in [0.3, 0.4) is 0 Å². The Kier molecular flexibility index (Phi) is 3.95. The number of rotatable bonds is 4. The Morgan fingerprint density at radius 1 is 1.22 bits per heavy atom. The van der Waals surface area contributed by atoms with E-state index in [4.69, 9.17) is 4.74 Å². The Morgan fingerprint density at radius 2 is 1.94 bits per heavy atom. The third-order valence-corrected chi connectivity index (χ3v) is 2.80. The highest BCUT2D eigenvalue weighted by molar-refractivity contribution is 5.34. The van der Waals surface area contributed by atoms with Crippen molar-refractivity contribution in [2.24, 2.45) is 0 Å². The van der Waals surface area contributed by atoms with Gasteiger partial charge < -0.3 is 9.84 Å². The molecule has 2 rings (SSSR count). The van der Waals surface area contributed by atoms with Gasteiger partial charge in [0.15, 0.2) is 0 Å². The highest BCUT2D eigenvalue weighted by Crippen LogP contribution is 2.27. The van der Waals surface area contributed by atoms with E-state index in [-0.39, 0.29) is 0 Å². The standard InChI is InChI=1S/C15H17NO2/c1-3-12-6-8-13(9-7-12)18-15-14(11(2)17)5-4-10-16-15/h4-11,17H,3H2,1-2H3. The second-order valence-electron chi connectivity index (χ2n) is 4.17. The molecule has 0 aliphatic carbocycles. The molecule has 1 N–H and O–H groups in total. The zero-order chi connectivity index (χ0) is 13.0. The Balaban J connectivity index is 2.22. The molecule has 18 heavy (non-hydrogen) atoms. The van der Waals surface area contributed by atoms with Gasteiger partial charge in [-0.1, -0.05) is 19.1 Å². The lowest BCUT2D eigenvalue weighted by atomic mass is 10.1. The van der Waals surface area contributed by atoms with Crippen molar-refractivity contribution in [2.75, 3.05) is 0 Å². The third kappa shape index (κ3) is 2.87. The molecule has 0 spiro atoms. The molecule has 0 radical (unpaired) electrons. The number of hydrogen-bond donors (Lipinski definition) is 1. The topological polar surface area (TPSA) is 42.4 Å². The maximum Gasteiger partial charge on any atom is 0.225 e. The number of ether oxygens (including phenoxy) is 1. The molecule has 1 heterocycles. The molecule has 1 atom stereocenters. The van der Waals surface area contributed by atoms with E-state index < -0.39 is 6.10 Å². The summed E-state index contributed by atoms with van der Waals surface area (Å²) in [5.41, 5.74) is 1.95. The second kappa shape index (κ2) is 5.65. The van der Waals surface area contributed by atoms with Gasteiger partial charge in [0.1, 0.15) is 5.75 Å². The molecule has 1 unspecified atom stereocenters. The van der Waals surface area contributed by atoms with E-state index in [1.807, 2.05) is 30.3 Å². The summed E-state index contributed by atoms with van der Waals surface area (Å²) in [6, 6.07) is 11.5. The molecule has 0 aliphatic rings. The fourth-order valence-electron chi connectivity index (χ4n) is 1.71. The van der Waals surface area contributed by atoms with E-state index in [1.54, 1.807) is 19.2 Å². The van der Waals surface area contributed by atoms with E-state index in [1.165, 1.54) is 5.56 Å². The maximum atomic E-state index is 9.64. The fourth-order valence-corrected chi connectivity index (χ4v) is 1.71. The molecule has 0 saturated carbocycles. The summed E-state index contributed by atoms with van der Waals surface area (Å²) < 4.78 is 5.70. The first kappa shape index (κ1) is 12.6. The van der Waals surface area contributed by atoms with Crippen LogP contribution in [0.2, 0.25) is 0 Å². The van der Waals surface area contributed by atoms with Crippen molar-refractivity contribution in [3.8, 4) is 11.6 Å². The van der Waals surface area contributed by atoms with Crippen LogP contribution in [-0.4, -0.2) is 10.1 Å². The molecule has 0 aliphatic heterocycles. The fraction of sp³-hybridized carbons (Fsp3) is 0.267. The maximum absolute atomic E-state index is 9.64. The van der Waals surface area contributed by atoms with Gasteiger partial charge in [-0.25, -0.2) is 4.98 Å². The lowest BCUT2D eigenvalue weighted by molar-refractivity contribution is 0.194. The summed E-state index contributed by atoms with van der Waals surface area (Å²) in [7, 11) is 0. The predicted octanol–water partition coefficient (Wildman–Crippen LogP) is 3.49. The van der Waals surface area contributed by atoms with E-state index in [9.17, 15) is 5.11 Å². The van der Waals surface area contributed by atoms with Crippen LogP contribution in [0, 0.1) is 0 Å². The molecular formula is C15H17NO2. The van der Waals surface area contributed by atoms with Crippen molar-refractivity contribution in [1.82, 2.24) is 4.98 Å². The van der Waals surface area contributed by atoms with Crippen LogP contribution >= 0.6 is 0 Å². The number of nitrogens with zero attached hydrogens (tertiary/aromatic N) is 1. The van der Waals surface area contributed by atoms with Crippen molar-refractivity contribution >= 4 is 0 Å². The lowest BCUT2D eigenvalue weighted by Crippen LogP contribution is -1.98. The van der Waals surface area contributed by atoms with E-state index >= 15 is 0 Å². The summed E-state index contributed by atoms with van der Waals surface area (Å²) in [5.74, 6) is 1.18. The zero-order valence-electron chi connectivity index (χ0n) is 10.6. The monoisotopic (exact) mass is 243 g/mol. The summed E-state index contributed by atoms with van der Waals surface area (Å²) >= 11 is 0. The van der Waals surface area contributed by atoms with Crippen LogP contribution < -0.4 is 4.74 Å². The molecule has 3 heteroatoms. The van der Waals surface area contributed by atoms with E-state index in [2.05, 4.69) is 11.9 Å². The Hall–Kier alpha value is -1.87. The third-order valence-electron chi connectivity index (χ3n) is 2.80. The van der Waals surface area contributed by atoms with Gasteiger partial charge in [-0.3, -0.25) is 0 Å². The minimum absolute atomic E-state index is 0.455. The van der Waals surface area contributed by atoms with Gasteiger partial charge in [0.05, 0.1) is 6.10 Å². The van der Waals surface area contributed by atoms with Crippen LogP contribution in [0.25, 0.3) is 0 Å². The Morgan fingerprint density at radius 3 is 2.56 bits per heavy atom. The summed E-state index contributed by atoms with van der Waals surface area (Å²) in [5, 5.41) is 9.64. The molecular weight excluding hydrogens is 226 g/mol. The molecule has 1 aromatic carbocycles. The number of hydrogen-bond acceptors (Lipinski definition) is 3. The van der Waals surface area contributed by atoms with Gasteiger partial charge in [-0.15, -0.1) is 0 Å². The van der Waals surface area contributed by atoms with Crippen molar-refractivity contribution < 1.29 is 9.84 Å². The Labute approximate surface area is 107 Å². The zero-order valence-corrected chi connectivity index (χ0v) is 10.6. The van der Waals surface area contributed by atoms with Crippen LogP contribution in [0.5, 0.6) is 11.6 Å². The van der Waals surface area contributed by atoms with Crippen LogP contribution in [-0.2, 0) is 6.42 Å². The van der Waals surface area contributed by atoms with E-state index in [0.717, 1.165) is 12.2 Å². The average Bonchev–Trinajstić information content (AvgIpc) is 2.40. The first-order chi connectivity index (χ1) is 8.70. The summed E-state index contributed by atoms with van der Waals surface area (Å²) in [6.07, 6.45) is 2.06. The lowest BCUT2D eigenvalue weighted by Gasteiger charge is -2.11. The number of benzene rings is 1. The highest BCUT2D eigenvalue weighted by atomic mass is 16.5. The van der Waals surface area contributed by atoms with Gasteiger partial charge in [-0.05, 0) is 43.2 Å². The van der Waals surface area contributed by atoms with Crippen molar-refractivity contribution in [3.05, 3.63) is 53.7 Å². The number of aliphatic hydroxyl groups excluding tert-OH is 1. The molecule has 94 valence electrons. The molecule has 0 saturated heterocycles. The predicted molar refractivity (Wildman–Crippen MR) is 70.8 cm³/mol. The first-order valence-corrected chi connectivity index (χ1v) is 6.10. The number of aliphatic hydroxyl groups is 1. The normalized spacial score (nSPS) is 12.2. The van der Waals surface area contributed by atoms with Crippen LogP contribution in [0.4, 0.5) is 0 Å². The highest BCUT2D eigenvalue weighted by Gasteiger charge is 2.10. The number of aromatic nitrogens is 1. The van der Waals surface area contributed by atoms with Gasteiger partial charge in [0.25, 0.3) is 0 Å². The second-order valence-corrected chi connectivity index (χ2v) is 4.17. The first-order valence-electron chi connectivity index (χ1n) is 6.10. The molecule has 1 aromatic heterocycles. The quantitative estimate of drug-likeness (QED) is 0.893. The number of pyridine rings is 1. The van der Waals surface area contributed by atoms with Crippen molar-refractivity contribution in [3.63, 3.8) is 0 Å². The van der Waals surface area contributed by atoms with Gasteiger partial charge in [0, 0.05) is 11.8 Å². The summed E-state index contributed by atoms with van der Waals surface area (Å²) in [4.78, 5) is 4.16. The molecule has 0 amide bonds. The van der Waals surface area contributed by atoms with Crippen LogP contribution in [0.15, 0.2) is 42.6 Å². The van der Waals surface area contributed by atoms with Gasteiger partial charge >= 0.3 is 0 Å². The average molecular weight is 243 g/mol. The molecule has 0 bridgehead atoms. The van der Waals surface area contributed by atoms with Crippen LogP contribution in [0.1, 0.15) is 31.1 Å². The molecule has 2 aromatic rings. The molecule has 0 fully saturated rings.